The number of amides is 2. The molecule has 0 aliphatic heterocycles. The molecule has 0 bridgehead atoms. The van der Waals surface area contributed by atoms with Gasteiger partial charge in [-0.1, -0.05) is 0 Å². The van der Waals surface area contributed by atoms with Crippen molar-refractivity contribution in [2.75, 3.05) is 19.7 Å². The smallest absolute Gasteiger partial charge is 0.244 e. The van der Waals surface area contributed by atoms with E-state index in [0.717, 1.165) is 0 Å². The predicted octanol–water partition coefficient (Wildman–Crippen LogP) is 0.132. The number of carbonyl (C=O) groups is 2. The maximum absolute atomic E-state index is 11.8. The lowest BCUT2D eigenvalue weighted by molar-refractivity contribution is -0.135. The van der Waals surface area contributed by atoms with Crippen LogP contribution in [0.4, 0.5) is 0 Å². The van der Waals surface area contributed by atoms with Crippen molar-refractivity contribution in [1.82, 2.24) is 10.2 Å². The molecule has 0 heterocycles. The van der Waals surface area contributed by atoms with E-state index in [4.69, 9.17) is 5.11 Å². The molecule has 0 saturated carbocycles. The number of hydrogen-bond acceptors (Lipinski definition) is 3. The largest absolute Gasteiger partial charge is 0.396 e. The molecule has 5 nitrogen and oxygen atoms in total. The highest BCUT2D eigenvalue weighted by Gasteiger charge is 2.19. The minimum Gasteiger partial charge on any atom is -0.396 e. The first-order chi connectivity index (χ1) is 7.56. The molecule has 0 radical (unpaired) electrons. The molecule has 16 heavy (non-hydrogen) atoms. The van der Waals surface area contributed by atoms with E-state index < -0.39 is 6.04 Å². The van der Waals surface area contributed by atoms with Crippen LogP contribution in [0.15, 0.2) is 0 Å². The van der Waals surface area contributed by atoms with Crippen LogP contribution in [-0.2, 0) is 9.59 Å². The van der Waals surface area contributed by atoms with Crippen molar-refractivity contribution >= 4 is 11.8 Å². The van der Waals surface area contributed by atoms with Gasteiger partial charge in [0.25, 0.3) is 0 Å². The summed E-state index contributed by atoms with van der Waals surface area (Å²) in [5, 5.41) is 11.2. The molecule has 1 unspecified atom stereocenters. The van der Waals surface area contributed by atoms with Crippen molar-refractivity contribution in [2.45, 2.75) is 39.7 Å². The van der Waals surface area contributed by atoms with Crippen molar-refractivity contribution < 1.29 is 14.7 Å². The van der Waals surface area contributed by atoms with Crippen LogP contribution in [0, 0.1) is 0 Å². The van der Waals surface area contributed by atoms with Crippen LogP contribution in [0.2, 0.25) is 0 Å². The van der Waals surface area contributed by atoms with E-state index in [1.807, 2.05) is 13.8 Å². The van der Waals surface area contributed by atoms with Crippen LogP contribution in [0.5, 0.6) is 0 Å². The molecule has 0 spiro atoms. The predicted molar refractivity (Wildman–Crippen MR) is 61.9 cm³/mol. The molecule has 0 aromatic carbocycles. The Hall–Kier alpha value is -1.10. The summed E-state index contributed by atoms with van der Waals surface area (Å²) >= 11 is 0. The SMILES string of the molecule is CCN(CC)C(=O)C(C)NC(=O)CCCO. The number of aliphatic hydroxyl groups is 1. The zero-order valence-electron chi connectivity index (χ0n) is 10.3. The second-order valence-corrected chi connectivity index (χ2v) is 3.63. The highest BCUT2D eigenvalue weighted by Crippen LogP contribution is 1.96. The number of rotatable bonds is 7. The molecule has 94 valence electrons. The maximum Gasteiger partial charge on any atom is 0.244 e. The average Bonchev–Trinajstić information content (AvgIpc) is 2.27. The lowest BCUT2D eigenvalue weighted by Crippen LogP contribution is -2.46. The van der Waals surface area contributed by atoms with Crippen LogP contribution in [0.3, 0.4) is 0 Å². The molecule has 0 aromatic rings. The zero-order valence-corrected chi connectivity index (χ0v) is 10.3. The van der Waals surface area contributed by atoms with Crippen molar-refractivity contribution in [1.29, 1.82) is 0 Å². The van der Waals surface area contributed by atoms with Crippen molar-refractivity contribution in [3.8, 4) is 0 Å². The first-order valence-corrected chi connectivity index (χ1v) is 5.75. The molecule has 2 N–H and O–H groups in total. The van der Waals surface area contributed by atoms with Gasteiger partial charge in [-0.25, -0.2) is 0 Å². The molecule has 0 aliphatic carbocycles. The van der Waals surface area contributed by atoms with E-state index in [1.54, 1.807) is 11.8 Å². The third-order valence-electron chi connectivity index (χ3n) is 2.38. The van der Waals surface area contributed by atoms with Gasteiger partial charge in [0.05, 0.1) is 0 Å². The third kappa shape index (κ3) is 5.11. The van der Waals surface area contributed by atoms with Crippen molar-refractivity contribution in [3.63, 3.8) is 0 Å². The highest BCUT2D eigenvalue weighted by atomic mass is 16.3. The molecule has 5 heteroatoms. The summed E-state index contributed by atoms with van der Waals surface area (Å²) in [6, 6.07) is -0.494. The number of nitrogens with one attached hydrogen (secondary N) is 1. The Bertz CT molecular complexity index is 227. The molecule has 0 rings (SSSR count). The van der Waals surface area contributed by atoms with Crippen LogP contribution < -0.4 is 5.32 Å². The van der Waals surface area contributed by atoms with Gasteiger partial charge in [-0.2, -0.15) is 0 Å². The molecule has 0 aliphatic rings. The third-order valence-corrected chi connectivity index (χ3v) is 2.38. The molecule has 0 fully saturated rings. The van der Waals surface area contributed by atoms with Crippen LogP contribution in [0.1, 0.15) is 33.6 Å². The van der Waals surface area contributed by atoms with Crippen LogP contribution in [-0.4, -0.2) is 47.6 Å². The number of hydrogen-bond donors (Lipinski definition) is 2. The first kappa shape index (κ1) is 14.9. The quantitative estimate of drug-likeness (QED) is 0.653. The second-order valence-electron chi connectivity index (χ2n) is 3.63. The van der Waals surface area contributed by atoms with E-state index in [9.17, 15) is 9.59 Å². The molecular formula is C11H22N2O3. The van der Waals surface area contributed by atoms with Gasteiger partial charge in [0.2, 0.25) is 11.8 Å². The fourth-order valence-electron chi connectivity index (χ4n) is 1.42. The van der Waals surface area contributed by atoms with Gasteiger partial charge in [-0.05, 0) is 27.2 Å². The Labute approximate surface area is 96.8 Å². The van der Waals surface area contributed by atoms with Crippen LogP contribution >= 0.6 is 0 Å². The normalized spacial score (nSPS) is 12.0. The lowest BCUT2D eigenvalue weighted by Gasteiger charge is -2.23. The van der Waals surface area contributed by atoms with Gasteiger partial charge < -0.3 is 15.3 Å². The Morgan fingerprint density at radius 3 is 2.31 bits per heavy atom. The van der Waals surface area contributed by atoms with E-state index in [-0.39, 0.29) is 24.8 Å². The van der Waals surface area contributed by atoms with Crippen molar-refractivity contribution in [3.05, 3.63) is 0 Å². The maximum atomic E-state index is 11.8. The summed E-state index contributed by atoms with van der Waals surface area (Å²) in [5.74, 6) is -0.260. The number of nitrogens with zero attached hydrogens (tertiary/aromatic N) is 1. The topological polar surface area (TPSA) is 69.6 Å². The summed E-state index contributed by atoms with van der Waals surface area (Å²) in [6.07, 6.45) is 0.685. The zero-order chi connectivity index (χ0) is 12.6. The molecular weight excluding hydrogens is 208 g/mol. The second kappa shape index (κ2) is 8.10. The Morgan fingerprint density at radius 1 is 1.31 bits per heavy atom. The molecule has 0 aromatic heterocycles. The Morgan fingerprint density at radius 2 is 1.88 bits per heavy atom. The fraction of sp³-hybridized carbons (Fsp3) is 0.818. The Kier molecular flexibility index (Phi) is 7.54. The monoisotopic (exact) mass is 230 g/mol. The fourth-order valence-corrected chi connectivity index (χ4v) is 1.42. The van der Waals surface area contributed by atoms with Gasteiger partial charge in [-0.15, -0.1) is 0 Å². The summed E-state index contributed by atoms with van der Waals surface area (Å²) < 4.78 is 0. The highest BCUT2D eigenvalue weighted by molar-refractivity contribution is 5.87. The summed E-state index contributed by atoms with van der Waals surface area (Å²) in [7, 11) is 0. The molecule has 1 atom stereocenters. The number of carbonyl (C=O) groups excluding carboxylic acids is 2. The molecule has 2 amide bonds. The standard InChI is InChI=1S/C11H22N2O3/c1-4-13(5-2)11(16)9(3)12-10(15)7-6-8-14/h9,14H,4-8H2,1-3H3,(H,12,15). The Balaban J connectivity index is 4.08. The summed E-state index contributed by atoms with van der Waals surface area (Å²) in [4.78, 5) is 24.8. The van der Waals surface area contributed by atoms with E-state index in [2.05, 4.69) is 5.32 Å². The number of likely N-dealkylation sites (N-methyl/N-ethyl adjacent to an activating group) is 1. The van der Waals surface area contributed by atoms with E-state index in [1.165, 1.54) is 0 Å². The van der Waals surface area contributed by atoms with E-state index in [0.29, 0.717) is 19.5 Å². The van der Waals surface area contributed by atoms with Crippen LogP contribution in [0.25, 0.3) is 0 Å². The first-order valence-electron chi connectivity index (χ1n) is 5.75. The lowest BCUT2D eigenvalue weighted by atomic mass is 10.2. The van der Waals surface area contributed by atoms with Crippen molar-refractivity contribution in [2.24, 2.45) is 0 Å². The minimum atomic E-state index is -0.494. The van der Waals surface area contributed by atoms with Gasteiger partial charge in [0.15, 0.2) is 0 Å². The van der Waals surface area contributed by atoms with Gasteiger partial charge in [-0.3, -0.25) is 9.59 Å². The minimum absolute atomic E-state index is 0.00814. The average molecular weight is 230 g/mol. The summed E-state index contributed by atoms with van der Waals surface area (Å²) in [6.45, 7) is 6.77. The van der Waals surface area contributed by atoms with Gasteiger partial charge in [0.1, 0.15) is 6.04 Å². The van der Waals surface area contributed by atoms with Gasteiger partial charge in [0, 0.05) is 26.1 Å². The van der Waals surface area contributed by atoms with Gasteiger partial charge >= 0.3 is 0 Å². The van der Waals surface area contributed by atoms with E-state index >= 15 is 0 Å². The number of aliphatic hydroxyl groups excluding tert-OH is 1. The summed E-state index contributed by atoms with van der Waals surface area (Å²) in [5.41, 5.74) is 0. The molecule has 0 saturated heterocycles.